The van der Waals surface area contributed by atoms with Crippen LogP contribution < -0.4 is 9.64 Å². The quantitative estimate of drug-likeness (QED) is 0.819. The Morgan fingerprint density at radius 3 is 2.78 bits per heavy atom. The van der Waals surface area contributed by atoms with Crippen molar-refractivity contribution in [1.82, 2.24) is 19.7 Å². The van der Waals surface area contributed by atoms with Crippen molar-refractivity contribution in [3.05, 3.63) is 36.9 Å². The number of nitrogens with zero attached hydrogens (tertiary/aromatic N) is 5. The van der Waals surface area contributed by atoms with Gasteiger partial charge in [0.15, 0.2) is 6.10 Å². The lowest BCUT2D eigenvalue weighted by atomic mass is 10.0. The summed E-state index contributed by atoms with van der Waals surface area (Å²) in [6.07, 6.45) is 4.77. The third kappa shape index (κ3) is 3.51. The molecule has 8 nitrogen and oxygen atoms in total. The highest BCUT2D eigenvalue weighted by molar-refractivity contribution is 6.00. The van der Waals surface area contributed by atoms with E-state index in [0.29, 0.717) is 37.8 Å². The molecule has 0 N–H and O–H groups in total. The molecule has 0 aliphatic carbocycles. The maximum atomic E-state index is 12.7. The number of benzene rings is 1. The second-order valence-corrected chi connectivity index (χ2v) is 6.96. The van der Waals surface area contributed by atoms with Crippen molar-refractivity contribution < 1.29 is 14.3 Å². The minimum Gasteiger partial charge on any atom is -0.479 e. The molecule has 3 heterocycles. The summed E-state index contributed by atoms with van der Waals surface area (Å²) in [7, 11) is 0. The fourth-order valence-electron chi connectivity index (χ4n) is 3.74. The molecule has 0 spiro atoms. The smallest absolute Gasteiger partial charge is 0.267 e. The fraction of sp³-hybridized carbons (Fsp3) is 0.474. The van der Waals surface area contributed by atoms with Gasteiger partial charge in [-0.3, -0.25) is 9.59 Å². The Morgan fingerprint density at radius 2 is 2.04 bits per heavy atom. The summed E-state index contributed by atoms with van der Waals surface area (Å²) in [6, 6.07) is 7.75. The van der Waals surface area contributed by atoms with Crippen LogP contribution in [-0.4, -0.2) is 57.2 Å². The van der Waals surface area contributed by atoms with E-state index in [1.807, 2.05) is 33.8 Å². The van der Waals surface area contributed by atoms with E-state index in [1.54, 1.807) is 18.2 Å². The standard InChI is InChI=1S/C19H23N5O3/c1-14-19(26)23(16-4-2-3-5-17(16)27-14)11-8-18(25)22-9-6-15(7-10-22)24-13-20-12-21-24/h2-5,12-15H,6-11H2,1H3. The van der Waals surface area contributed by atoms with E-state index in [-0.39, 0.29) is 11.8 Å². The molecule has 27 heavy (non-hydrogen) atoms. The van der Waals surface area contributed by atoms with Crippen LogP contribution in [0.3, 0.4) is 0 Å². The molecule has 1 saturated heterocycles. The summed E-state index contributed by atoms with van der Waals surface area (Å²) in [5.74, 6) is 0.661. The first-order valence-corrected chi connectivity index (χ1v) is 9.32. The second-order valence-electron chi connectivity index (χ2n) is 6.96. The van der Waals surface area contributed by atoms with Crippen molar-refractivity contribution in [2.45, 2.75) is 38.3 Å². The van der Waals surface area contributed by atoms with Gasteiger partial charge in [-0.15, -0.1) is 0 Å². The van der Waals surface area contributed by atoms with Gasteiger partial charge in [0.25, 0.3) is 5.91 Å². The van der Waals surface area contributed by atoms with E-state index in [2.05, 4.69) is 10.1 Å². The largest absolute Gasteiger partial charge is 0.479 e. The van der Waals surface area contributed by atoms with Crippen LogP contribution in [0.5, 0.6) is 5.75 Å². The average Bonchev–Trinajstić information content (AvgIpc) is 3.23. The summed E-state index contributed by atoms with van der Waals surface area (Å²) in [4.78, 5) is 32.7. The molecule has 2 amide bonds. The van der Waals surface area contributed by atoms with Crippen LogP contribution in [0.15, 0.2) is 36.9 Å². The highest BCUT2D eigenvalue weighted by Gasteiger charge is 2.32. The van der Waals surface area contributed by atoms with Crippen molar-refractivity contribution in [3.63, 3.8) is 0 Å². The van der Waals surface area contributed by atoms with Gasteiger partial charge in [-0.05, 0) is 31.9 Å². The third-order valence-corrected chi connectivity index (χ3v) is 5.25. The van der Waals surface area contributed by atoms with Gasteiger partial charge in [0.05, 0.1) is 11.7 Å². The normalized spacial score (nSPS) is 20.3. The summed E-state index contributed by atoms with van der Waals surface area (Å²) >= 11 is 0. The van der Waals surface area contributed by atoms with Crippen LogP contribution in [-0.2, 0) is 9.59 Å². The van der Waals surface area contributed by atoms with Crippen molar-refractivity contribution in [2.24, 2.45) is 0 Å². The number of hydrogen-bond donors (Lipinski definition) is 0. The average molecular weight is 369 g/mol. The molecule has 2 aliphatic heterocycles. The number of aromatic nitrogens is 3. The lowest BCUT2D eigenvalue weighted by Crippen LogP contribution is -2.46. The molecule has 8 heteroatoms. The zero-order chi connectivity index (χ0) is 18.8. The summed E-state index contributed by atoms with van der Waals surface area (Å²) in [6.45, 7) is 3.51. The Bertz CT molecular complexity index is 815. The van der Waals surface area contributed by atoms with Crippen LogP contribution in [0.1, 0.15) is 32.2 Å². The van der Waals surface area contributed by atoms with E-state index < -0.39 is 6.10 Å². The van der Waals surface area contributed by atoms with Crippen LogP contribution in [0, 0.1) is 0 Å². The van der Waals surface area contributed by atoms with Crippen LogP contribution in [0.2, 0.25) is 0 Å². The lowest BCUT2D eigenvalue weighted by Gasteiger charge is -2.34. The second kappa shape index (κ2) is 7.38. The number of rotatable bonds is 4. The number of carbonyl (C=O) groups excluding carboxylic acids is 2. The highest BCUT2D eigenvalue weighted by Crippen LogP contribution is 2.33. The molecule has 1 aromatic carbocycles. The number of carbonyl (C=O) groups is 2. The fourth-order valence-corrected chi connectivity index (χ4v) is 3.74. The monoisotopic (exact) mass is 369 g/mol. The Morgan fingerprint density at radius 1 is 1.26 bits per heavy atom. The maximum Gasteiger partial charge on any atom is 0.267 e. The number of amides is 2. The van der Waals surface area contributed by atoms with Gasteiger partial charge in [0.2, 0.25) is 5.91 Å². The van der Waals surface area contributed by atoms with Crippen molar-refractivity contribution in [2.75, 3.05) is 24.5 Å². The summed E-state index contributed by atoms with van der Waals surface area (Å²) in [5, 5.41) is 4.19. The molecule has 1 unspecified atom stereocenters. The first-order valence-electron chi connectivity index (χ1n) is 9.32. The van der Waals surface area contributed by atoms with Crippen molar-refractivity contribution in [3.8, 4) is 5.75 Å². The molecule has 2 aliphatic rings. The van der Waals surface area contributed by atoms with E-state index in [4.69, 9.17) is 4.74 Å². The first-order chi connectivity index (χ1) is 13.1. The number of piperidine rings is 1. The Kier molecular flexibility index (Phi) is 4.79. The van der Waals surface area contributed by atoms with E-state index in [9.17, 15) is 9.59 Å². The highest BCUT2D eigenvalue weighted by atomic mass is 16.5. The SMILES string of the molecule is CC1Oc2ccccc2N(CCC(=O)N2CCC(n3cncn3)CC2)C1=O. The van der Waals surface area contributed by atoms with E-state index in [1.165, 1.54) is 6.33 Å². The number of anilines is 1. The zero-order valence-corrected chi connectivity index (χ0v) is 15.3. The number of likely N-dealkylation sites (tertiary alicyclic amines) is 1. The summed E-state index contributed by atoms with van der Waals surface area (Å²) < 4.78 is 7.51. The molecule has 2 aromatic rings. The Hall–Kier alpha value is -2.90. The molecule has 0 bridgehead atoms. The lowest BCUT2D eigenvalue weighted by molar-refractivity contribution is -0.132. The molecule has 1 atom stereocenters. The van der Waals surface area contributed by atoms with Gasteiger partial charge in [-0.1, -0.05) is 12.1 Å². The molecule has 1 aromatic heterocycles. The topological polar surface area (TPSA) is 80.6 Å². The van der Waals surface area contributed by atoms with Gasteiger partial charge in [-0.2, -0.15) is 5.10 Å². The predicted molar refractivity (Wildman–Crippen MR) is 98.4 cm³/mol. The molecule has 142 valence electrons. The van der Waals surface area contributed by atoms with Gasteiger partial charge in [0.1, 0.15) is 18.4 Å². The molecular weight excluding hydrogens is 346 g/mol. The molecular formula is C19H23N5O3. The van der Waals surface area contributed by atoms with E-state index in [0.717, 1.165) is 18.5 Å². The van der Waals surface area contributed by atoms with E-state index >= 15 is 0 Å². The van der Waals surface area contributed by atoms with Gasteiger partial charge >= 0.3 is 0 Å². The number of fused-ring (bicyclic) bond motifs is 1. The molecule has 4 rings (SSSR count). The van der Waals surface area contributed by atoms with Crippen LogP contribution in [0.4, 0.5) is 5.69 Å². The minimum absolute atomic E-state index is 0.0801. The van der Waals surface area contributed by atoms with Gasteiger partial charge < -0.3 is 14.5 Å². The minimum atomic E-state index is -0.534. The number of ether oxygens (including phenoxy) is 1. The number of hydrogen-bond acceptors (Lipinski definition) is 5. The molecule has 0 radical (unpaired) electrons. The zero-order valence-electron chi connectivity index (χ0n) is 15.3. The van der Waals surface area contributed by atoms with Crippen LogP contribution in [0.25, 0.3) is 0 Å². The Balaban J connectivity index is 1.35. The molecule has 0 saturated carbocycles. The van der Waals surface area contributed by atoms with Crippen molar-refractivity contribution in [1.29, 1.82) is 0 Å². The van der Waals surface area contributed by atoms with Gasteiger partial charge in [0, 0.05) is 26.1 Å². The third-order valence-electron chi connectivity index (χ3n) is 5.25. The Labute approximate surface area is 157 Å². The maximum absolute atomic E-state index is 12.7. The number of para-hydroxylation sites is 2. The summed E-state index contributed by atoms with van der Waals surface area (Å²) in [5.41, 5.74) is 0.735. The molecule has 1 fully saturated rings. The first kappa shape index (κ1) is 17.5. The van der Waals surface area contributed by atoms with Crippen LogP contribution >= 0.6 is 0 Å². The van der Waals surface area contributed by atoms with Gasteiger partial charge in [-0.25, -0.2) is 9.67 Å². The predicted octanol–water partition coefficient (Wildman–Crippen LogP) is 1.65. The van der Waals surface area contributed by atoms with Crippen molar-refractivity contribution >= 4 is 17.5 Å².